The van der Waals surface area contributed by atoms with Crippen molar-refractivity contribution < 1.29 is 9.53 Å². The summed E-state index contributed by atoms with van der Waals surface area (Å²) >= 11 is 0. The Morgan fingerprint density at radius 3 is 2.89 bits per heavy atom. The fourth-order valence-electron chi connectivity index (χ4n) is 2.80. The van der Waals surface area contributed by atoms with Crippen molar-refractivity contribution in [3.05, 3.63) is 18.0 Å². The van der Waals surface area contributed by atoms with Crippen LogP contribution in [0, 0.1) is 0 Å². The number of nitrogens with one attached hydrogen (secondary N) is 1. The highest BCUT2D eigenvalue weighted by Gasteiger charge is 2.39. The molecule has 5 heterocycles. The van der Waals surface area contributed by atoms with E-state index in [-0.39, 0.29) is 5.69 Å². The molecule has 3 aliphatic rings. The maximum absolute atomic E-state index is 11.1. The third kappa shape index (κ3) is 1.58. The van der Waals surface area contributed by atoms with Crippen LogP contribution in [0.15, 0.2) is 12.3 Å². The predicted molar refractivity (Wildman–Crippen MR) is 67.9 cm³/mol. The number of nitrogens with zero attached hydrogens (tertiary/aromatic N) is 3. The number of H-pyrrole nitrogens is 1. The number of amides is 1. The quantitative estimate of drug-likeness (QED) is 0.793. The molecular weight excluding hydrogens is 246 g/mol. The summed E-state index contributed by atoms with van der Waals surface area (Å²) in [7, 11) is 0. The summed E-state index contributed by atoms with van der Waals surface area (Å²) in [5.41, 5.74) is 6.24. The van der Waals surface area contributed by atoms with Gasteiger partial charge in [-0.1, -0.05) is 0 Å². The number of pyridine rings is 1. The number of primary amides is 1. The third-order valence-corrected chi connectivity index (χ3v) is 3.74. The van der Waals surface area contributed by atoms with Crippen LogP contribution in [0.25, 0.3) is 10.9 Å². The first-order valence-corrected chi connectivity index (χ1v) is 6.25. The minimum Gasteiger partial charge on any atom is -0.371 e. The van der Waals surface area contributed by atoms with Crippen molar-refractivity contribution >= 4 is 22.6 Å². The highest BCUT2D eigenvalue weighted by molar-refractivity contribution is 5.97. The first kappa shape index (κ1) is 10.7. The van der Waals surface area contributed by atoms with Gasteiger partial charge in [0.25, 0.3) is 5.91 Å². The molecule has 7 heteroatoms. The smallest absolute Gasteiger partial charge is 0.267 e. The molecule has 0 aliphatic carbocycles. The lowest BCUT2D eigenvalue weighted by Gasteiger charge is -2.47. The summed E-state index contributed by atoms with van der Waals surface area (Å²) in [6.45, 7) is 1.71. The summed E-state index contributed by atoms with van der Waals surface area (Å²) in [5.74, 6) is 0.335. The SMILES string of the molecule is NC(=O)c1cc2[nH]nc(N3CC4CC(C3)O4)c2cn1. The summed E-state index contributed by atoms with van der Waals surface area (Å²) in [5, 5.41) is 8.17. The lowest BCUT2D eigenvalue weighted by Crippen LogP contribution is -2.57. The standard InChI is InChI=1S/C12H13N5O2/c13-11(18)10-2-9-8(3-14-10)12(16-15-9)17-4-6-1-7(5-17)19-6/h2-3,6-7H,1,4-5H2,(H2,13,18)(H,15,16). The van der Waals surface area contributed by atoms with E-state index in [0.717, 1.165) is 36.2 Å². The topological polar surface area (TPSA) is 97.1 Å². The maximum atomic E-state index is 11.1. The van der Waals surface area contributed by atoms with Crippen LogP contribution in [0.2, 0.25) is 0 Å². The van der Waals surface area contributed by atoms with E-state index >= 15 is 0 Å². The van der Waals surface area contributed by atoms with Gasteiger partial charge in [-0.2, -0.15) is 5.10 Å². The van der Waals surface area contributed by atoms with Gasteiger partial charge in [0.2, 0.25) is 0 Å². The summed E-state index contributed by atoms with van der Waals surface area (Å²) in [6.07, 6.45) is 3.44. The van der Waals surface area contributed by atoms with E-state index in [1.807, 2.05) is 0 Å². The van der Waals surface area contributed by atoms with Crippen molar-refractivity contribution in [3.63, 3.8) is 0 Å². The Hall–Kier alpha value is -2.15. The molecule has 2 atom stereocenters. The molecule has 2 aromatic heterocycles. The number of aromatic amines is 1. The minimum absolute atomic E-state index is 0.243. The van der Waals surface area contributed by atoms with E-state index in [1.165, 1.54) is 0 Å². The molecule has 0 saturated carbocycles. The first-order chi connectivity index (χ1) is 9.20. The van der Waals surface area contributed by atoms with Crippen LogP contribution < -0.4 is 10.6 Å². The normalized spacial score (nSPS) is 25.4. The highest BCUT2D eigenvalue weighted by Crippen LogP contribution is 2.33. The number of rotatable bonds is 2. The molecule has 3 fully saturated rings. The van der Waals surface area contributed by atoms with Crippen LogP contribution in [-0.2, 0) is 4.74 Å². The van der Waals surface area contributed by atoms with Gasteiger partial charge in [-0.15, -0.1) is 0 Å². The molecule has 2 unspecified atom stereocenters. The van der Waals surface area contributed by atoms with Crippen molar-refractivity contribution in [2.75, 3.05) is 18.0 Å². The van der Waals surface area contributed by atoms with Gasteiger partial charge < -0.3 is 15.4 Å². The van der Waals surface area contributed by atoms with E-state index in [9.17, 15) is 4.79 Å². The van der Waals surface area contributed by atoms with E-state index in [0.29, 0.717) is 12.2 Å². The Balaban J connectivity index is 1.73. The number of fused-ring (bicyclic) bond motifs is 3. The summed E-state index contributed by atoms with van der Waals surface area (Å²) in [4.78, 5) is 17.4. The first-order valence-electron chi connectivity index (χ1n) is 6.25. The largest absolute Gasteiger partial charge is 0.371 e. The van der Waals surface area contributed by atoms with E-state index in [2.05, 4.69) is 20.1 Å². The number of ether oxygens (including phenoxy) is 1. The molecule has 0 aromatic carbocycles. The molecule has 0 spiro atoms. The van der Waals surface area contributed by atoms with Crippen LogP contribution in [0.1, 0.15) is 16.9 Å². The van der Waals surface area contributed by atoms with Crippen molar-refractivity contribution in [3.8, 4) is 0 Å². The molecule has 19 heavy (non-hydrogen) atoms. The Morgan fingerprint density at radius 1 is 1.47 bits per heavy atom. The van der Waals surface area contributed by atoms with E-state index in [4.69, 9.17) is 10.5 Å². The number of hydrogen-bond acceptors (Lipinski definition) is 5. The zero-order valence-electron chi connectivity index (χ0n) is 10.2. The zero-order valence-corrected chi connectivity index (χ0v) is 10.2. The van der Waals surface area contributed by atoms with Crippen LogP contribution in [-0.4, -0.2) is 46.4 Å². The van der Waals surface area contributed by atoms with Crippen LogP contribution in [0.4, 0.5) is 5.82 Å². The van der Waals surface area contributed by atoms with Crippen molar-refractivity contribution in [1.29, 1.82) is 0 Å². The van der Waals surface area contributed by atoms with Gasteiger partial charge in [0, 0.05) is 25.7 Å². The van der Waals surface area contributed by atoms with Crippen molar-refractivity contribution in [2.24, 2.45) is 5.73 Å². The number of carbonyl (C=O) groups excluding carboxylic acids is 1. The highest BCUT2D eigenvalue weighted by atomic mass is 16.5. The lowest BCUT2D eigenvalue weighted by molar-refractivity contribution is -0.133. The lowest BCUT2D eigenvalue weighted by atomic mass is 9.99. The molecule has 3 N–H and O–H groups in total. The Bertz CT molecular complexity index is 651. The molecule has 3 aliphatic heterocycles. The summed E-state index contributed by atoms with van der Waals surface area (Å²) in [6, 6.07) is 1.63. The predicted octanol–water partition coefficient (Wildman–Crippen LogP) is 0.0343. The number of aromatic nitrogens is 3. The Kier molecular flexibility index (Phi) is 2.08. The van der Waals surface area contributed by atoms with Gasteiger partial charge in [-0.3, -0.25) is 14.9 Å². The number of morpholine rings is 1. The molecule has 0 radical (unpaired) electrons. The second-order valence-corrected chi connectivity index (χ2v) is 5.05. The molecule has 5 rings (SSSR count). The number of carbonyl (C=O) groups is 1. The van der Waals surface area contributed by atoms with Crippen LogP contribution in [0.3, 0.4) is 0 Å². The average Bonchev–Trinajstić information content (AvgIpc) is 2.80. The monoisotopic (exact) mass is 259 g/mol. The fraction of sp³-hybridized carbons (Fsp3) is 0.417. The van der Waals surface area contributed by atoms with E-state index < -0.39 is 5.91 Å². The van der Waals surface area contributed by atoms with Gasteiger partial charge in [-0.25, -0.2) is 0 Å². The summed E-state index contributed by atoms with van der Waals surface area (Å²) < 4.78 is 5.61. The maximum Gasteiger partial charge on any atom is 0.267 e. The van der Waals surface area contributed by atoms with Crippen LogP contribution in [0.5, 0.6) is 0 Å². The molecule has 1 amide bonds. The number of nitrogens with two attached hydrogens (primary N) is 1. The molecule has 7 nitrogen and oxygen atoms in total. The minimum atomic E-state index is -0.536. The molecule has 2 bridgehead atoms. The molecular formula is C12H13N5O2. The number of piperidine rings is 1. The van der Waals surface area contributed by atoms with Gasteiger partial charge in [0.15, 0.2) is 5.82 Å². The second-order valence-electron chi connectivity index (χ2n) is 5.05. The Morgan fingerprint density at radius 2 is 2.21 bits per heavy atom. The Labute approximate surface area is 108 Å². The average molecular weight is 259 g/mol. The van der Waals surface area contributed by atoms with E-state index in [1.54, 1.807) is 12.3 Å². The number of hydrogen-bond donors (Lipinski definition) is 2. The fourth-order valence-corrected chi connectivity index (χ4v) is 2.80. The van der Waals surface area contributed by atoms with Gasteiger partial charge in [0.05, 0.1) is 23.1 Å². The van der Waals surface area contributed by atoms with Gasteiger partial charge in [-0.05, 0) is 6.07 Å². The molecule has 2 aromatic rings. The van der Waals surface area contributed by atoms with Crippen molar-refractivity contribution in [2.45, 2.75) is 18.6 Å². The van der Waals surface area contributed by atoms with Crippen molar-refractivity contribution in [1.82, 2.24) is 15.2 Å². The van der Waals surface area contributed by atoms with Gasteiger partial charge in [0.1, 0.15) is 5.69 Å². The second kappa shape index (κ2) is 3.67. The van der Waals surface area contributed by atoms with Gasteiger partial charge >= 0.3 is 0 Å². The van der Waals surface area contributed by atoms with Crippen LogP contribution >= 0.6 is 0 Å². The molecule has 3 saturated heterocycles. The molecule has 98 valence electrons. The third-order valence-electron chi connectivity index (χ3n) is 3.74. The number of anilines is 1. The zero-order chi connectivity index (χ0) is 13.0.